The fourth-order valence-electron chi connectivity index (χ4n) is 1.57. The number of halogens is 1. The quantitative estimate of drug-likeness (QED) is 0.945. The molecule has 4 nitrogen and oxygen atoms in total. The summed E-state index contributed by atoms with van der Waals surface area (Å²) < 4.78 is 5.90. The summed E-state index contributed by atoms with van der Waals surface area (Å²) in [5.41, 5.74) is 1.63. The van der Waals surface area contributed by atoms with Crippen LogP contribution in [0.1, 0.15) is 27.4 Å². The lowest BCUT2D eigenvalue weighted by molar-refractivity contribution is 0.0685. The lowest BCUT2D eigenvalue weighted by atomic mass is 10.0. The molecular weight excluding hydrogens is 286 g/mol. The first-order valence-corrected chi connectivity index (χ1v) is 5.80. The Kier molecular flexibility index (Phi) is 3.28. The summed E-state index contributed by atoms with van der Waals surface area (Å²) in [6.07, 6.45) is 0.504. The van der Waals surface area contributed by atoms with Gasteiger partial charge in [-0.25, -0.2) is 4.79 Å². The second-order valence-corrected chi connectivity index (χ2v) is 4.59. The van der Waals surface area contributed by atoms with Crippen molar-refractivity contribution in [2.24, 2.45) is 0 Å². The predicted molar refractivity (Wildman–Crippen MR) is 65.1 cm³/mol. The number of carboxylic acid groups (broad SMARTS) is 1. The van der Waals surface area contributed by atoms with E-state index >= 15 is 0 Å². The first kappa shape index (κ1) is 11.9. The molecule has 0 bridgehead atoms. The van der Waals surface area contributed by atoms with E-state index in [1.807, 2.05) is 24.3 Å². The van der Waals surface area contributed by atoms with Gasteiger partial charge in [-0.15, -0.1) is 0 Å². The second-order valence-electron chi connectivity index (χ2n) is 3.67. The molecule has 1 aromatic carbocycles. The summed E-state index contributed by atoms with van der Waals surface area (Å²) >= 11 is 3.35. The van der Waals surface area contributed by atoms with E-state index in [1.54, 1.807) is 6.92 Å². The van der Waals surface area contributed by atoms with Crippen LogP contribution in [-0.4, -0.2) is 16.2 Å². The van der Waals surface area contributed by atoms with E-state index in [-0.39, 0.29) is 5.69 Å². The number of aryl methyl sites for hydroxylation is 1. The number of rotatable bonds is 3. The highest BCUT2D eigenvalue weighted by Crippen LogP contribution is 2.19. The SMILES string of the molecule is Cc1onc(C(=O)O)c1Cc1ccc(Br)cc1. The first-order valence-electron chi connectivity index (χ1n) is 5.01. The molecule has 0 unspecified atom stereocenters. The fraction of sp³-hybridized carbons (Fsp3) is 0.167. The summed E-state index contributed by atoms with van der Waals surface area (Å²) in [6.45, 7) is 1.72. The maximum atomic E-state index is 10.9. The van der Waals surface area contributed by atoms with Crippen LogP contribution in [-0.2, 0) is 6.42 Å². The molecule has 0 amide bonds. The highest BCUT2D eigenvalue weighted by atomic mass is 79.9. The van der Waals surface area contributed by atoms with Crippen molar-refractivity contribution < 1.29 is 14.4 Å². The first-order chi connectivity index (χ1) is 8.08. The topological polar surface area (TPSA) is 63.3 Å². The highest BCUT2D eigenvalue weighted by Gasteiger charge is 2.18. The van der Waals surface area contributed by atoms with Crippen LogP contribution in [0, 0.1) is 6.92 Å². The van der Waals surface area contributed by atoms with Crippen LogP contribution in [0.2, 0.25) is 0 Å². The number of hydrogen-bond donors (Lipinski definition) is 1. The van der Waals surface area contributed by atoms with Crippen LogP contribution < -0.4 is 0 Å². The van der Waals surface area contributed by atoms with Gasteiger partial charge in [0.25, 0.3) is 0 Å². The Hall–Kier alpha value is -1.62. The molecule has 0 aliphatic rings. The van der Waals surface area contributed by atoms with Crippen LogP contribution in [0.25, 0.3) is 0 Å². The molecule has 1 aromatic heterocycles. The van der Waals surface area contributed by atoms with Gasteiger partial charge < -0.3 is 9.63 Å². The zero-order valence-electron chi connectivity index (χ0n) is 9.11. The van der Waals surface area contributed by atoms with E-state index in [0.717, 1.165) is 10.0 Å². The summed E-state index contributed by atoms with van der Waals surface area (Å²) in [7, 11) is 0. The van der Waals surface area contributed by atoms with Crippen LogP contribution in [0.3, 0.4) is 0 Å². The van der Waals surface area contributed by atoms with Crippen molar-refractivity contribution in [3.05, 3.63) is 51.3 Å². The molecule has 0 fully saturated rings. The van der Waals surface area contributed by atoms with E-state index in [9.17, 15) is 4.79 Å². The van der Waals surface area contributed by atoms with Crippen molar-refractivity contribution in [2.45, 2.75) is 13.3 Å². The molecule has 0 spiro atoms. The van der Waals surface area contributed by atoms with E-state index in [4.69, 9.17) is 9.63 Å². The normalized spacial score (nSPS) is 10.5. The number of aromatic carboxylic acids is 1. The minimum absolute atomic E-state index is 0.00887. The molecule has 88 valence electrons. The number of benzene rings is 1. The molecule has 0 aliphatic carbocycles. The molecule has 5 heteroatoms. The number of hydrogen-bond acceptors (Lipinski definition) is 3. The Bertz CT molecular complexity index is 545. The molecular formula is C12H10BrNO3. The number of carboxylic acids is 1. The maximum absolute atomic E-state index is 10.9. The van der Waals surface area contributed by atoms with Crippen molar-refractivity contribution in [2.75, 3.05) is 0 Å². The Morgan fingerprint density at radius 2 is 2.06 bits per heavy atom. The maximum Gasteiger partial charge on any atom is 0.358 e. The molecule has 2 aromatic rings. The number of nitrogens with zero attached hydrogens (tertiary/aromatic N) is 1. The minimum Gasteiger partial charge on any atom is -0.476 e. The van der Waals surface area contributed by atoms with Crippen molar-refractivity contribution in [1.29, 1.82) is 0 Å². The average molecular weight is 296 g/mol. The van der Waals surface area contributed by atoms with Crippen molar-refractivity contribution in [1.82, 2.24) is 5.16 Å². The summed E-state index contributed by atoms with van der Waals surface area (Å²) in [4.78, 5) is 10.9. The van der Waals surface area contributed by atoms with Crippen LogP contribution in [0.15, 0.2) is 33.3 Å². The van der Waals surface area contributed by atoms with Crippen LogP contribution in [0.4, 0.5) is 0 Å². The van der Waals surface area contributed by atoms with Gasteiger partial charge in [0, 0.05) is 16.5 Å². The van der Waals surface area contributed by atoms with Gasteiger partial charge in [0.15, 0.2) is 5.69 Å². The van der Waals surface area contributed by atoms with Crippen molar-refractivity contribution >= 4 is 21.9 Å². The minimum atomic E-state index is -1.06. The summed E-state index contributed by atoms with van der Waals surface area (Å²) in [5.74, 6) is -0.515. The van der Waals surface area contributed by atoms with Gasteiger partial charge in [-0.3, -0.25) is 0 Å². The molecule has 0 saturated heterocycles. The van der Waals surface area contributed by atoms with Gasteiger partial charge in [-0.1, -0.05) is 33.2 Å². The number of carbonyl (C=O) groups is 1. The molecule has 2 rings (SSSR count). The Morgan fingerprint density at radius 3 is 2.65 bits per heavy atom. The fourth-order valence-corrected chi connectivity index (χ4v) is 1.84. The Balaban J connectivity index is 2.32. The molecule has 1 N–H and O–H groups in total. The summed E-state index contributed by atoms with van der Waals surface area (Å²) in [6, 6.07) is 7.70. The van der Waals surface area contributed by atoms with Crippen LogP contribution >= 0.6 is 15.9 Å². The van der Waals surface area contributed by atoms with Gasteiger partial charge in [-0.05, 0) is 24.6 Å². The lowest BCUT2D eigenvalue weighted by Gasteiger charge is -2.01. The monoisotopic (exact) mass is 295 g/mol. The zero-order valence-corrected chi connectivity index (χ0v) is 10.7. The predicted octanol–water partition coefficient (Wildman–Crippen LogP) is 3.03. The van der Waals surface area contributed by atoms with Gasteiger partial charge in [0.2, 0.25) is 0 Å². The lowest BCUT2D eigenvalue weighted by Crippen LogP contribution is -2.02. The molecule has 1 heterocycles. The van der Waals surface area contributed by atoms with E-state index in [2.05, 4.69) is 21.1 Å². The Morgan fingerprint density at radius 1 is 1.41 bits per heavy atom. The smallest absolute Gasteiger partial charge is 0.358 e. The van der Waals surface area contributed by atoms with E-state index in [1.165, 1.54) is 0 Å². The van der Waals surface area contributed by atoms with Crippen molar-refractivity contribution in [3.63, 3.8) is 0 Å². The largest absolute Gasteiger partial charge is 0.476 e. The van der Waals surface area contributed by atoms with Gasteiger partial charge in [-0.2, -0.15) is 0 Å². The molecule has 0 aliphatic heterocycles. The zero-order chi connectivity index (χ0) is 12.4. The molecule has 17 heavy (non-hydrogen) atoms. The summed E-state index contributed by atoms with van der Waals surface area (Å²) in [5, 5.41) is 12.5. The molecule has 0 atom stereocenters. The van der Waals surface area contributed by atoms with E-state index in [0.29, 0.717) is 17.7 Å². The highest BCUT2D eigenvalue weighted by molar-refractivity contribution is 9.10. The van der Waals surface area contributed by atoms with Crippen molar-refractivity contribution in [3.8, 4) is 0 Å². The average Bonchev–Trinajstić information content (AvgIpc) is 2.64. The van der Waals surface area contributed by atoms with Crippen LogP contribution in [0.5, 0.6) is 0 Å². The standard InChI is InChI=1S/C12H10BrNO3/c1-7-10(11(12(15)16)14-17-7)6-8-2-4-9(13)5-3-8/h2-5H,6H2,1H3,(H,15,16). The third-order valence-electron chi connectivity index (χ3n) is 2.48. The molecule has 0 radical (unpaired) electrons. The third kappa shape index (κ3) is 2.55. The number of aromatic nitrogens is 1. The second kappa shape index (κ2) is 4.71. The third-order valence-corrected chi connectivity index (χ3v) is 3.01. The van der Waals surface area contributed by atoms with Gasteiger partial charge >= 0.3 is 5.97 Å². The van der Waals surface area contributed by atoms with Gasteiger partial charge in [0.1, 0.15) is 5.76 Å². The Labute approximate surface area is 106 Å². The molecule has 0 saturated carbocycles. The van der Waals surface area contributed by atoms with E-state index < -0.39 is 5.97 Å². The van der Waals surface area contributed by atoms with Gasteiger partial charge in [0.05, 0.1) is 0 Å².